The van der Waals surface area contributed by atoms with Crippen LogP contribution in [0.5, 0.6) is 0 Å². The van der Waals surface area contributed by atoms with Crippen molar-refractivity contribution in [2.45, 2.75) is 6.42 Å². The van der Waals surface area contributed by atoms with Crippen molar-refractivity contribution in [1.29, 1.82) is 0 Å². The van der Waals surface area contributed by atoms with Crippen molar-refractivity contribution < 1.29 is 9.53 Å². The predicted molar refractivity (Wildman–Crippen MR) is 51.9 cm³/mol. The van der Waals surface area contributed by atoms with Crippen molar-refractivity contribution in [2.24, 2.45) is 5.92 Å². The van der Waals surface area contributed by atoms with Gasteiger partial charge < -0.3 is 10.1 Å². The van der Waals surface area contributed by atoms with Gasteiger partial charge in [0.05, 0.1) is 12.5 Å². The minimum Gasteiger partial charge on any atom is -0.381 e. The summed E-state index contributed by atoms with van der Waals surface area (Å²) >= 11 is 4.78. The van der Waals surface area contributed by atoms with E-state index in [2.05, 4.69) is 16.2 Å². The van der Waals surface area contributed by atoms with Gasteiger partial charge in [0.25, 0.3) is 0 Å². The summed E-state index contributed by atoms with van der Waals surface area (Å²) in [5.74, 6) is -0.123. The van der Waals surface area contributed by atoms with Crippen molar-refractivity contribution in [2.75, 3.05) is 20.3 Å². The Kier molecular flexibility index (Phi) is 3.91. The SMILES string of the molecule is CNC(=S)NNC(=O)C1CCOC1. The van der Waals surface area contributed by atoms with Gasteiger partial charge in [-0.1, -0.05) is 0 Å². The second kappa shape index (κ2) is 4.98. The van der Waals surface area contributed by atoms with Crippen molar-refractivity contribution >= 4 is 23.2 Å². The first-order valence-electron chi connectivity index (χ1n) is 4.09. The summed E-state index contributed by atoms with van der Waals surface area (Å²) in [5.41, 5.74) is 5.08. The molecule has 1 aliphatic rings. The number of hydrogen-bond donors (Lipinski definition) is 3. The van der Waals surface area contributed by atoms with E-state index in [0.717, 1.165) is 6.42 Å². The van der Waals surface area contributed by atoms with Crippen LogP contribution in [0.25, 0.3) is 0 Å². The lowest BCUT2D eigenvalue weighted by Crippen LogP contribution is -2.47. The molecule has 1 fully saturated rings. The third-order valence-corrected chi connectivity index (χ3v) is 2.13. The Bertz CT molecular complexity index is 204. The fourth-order valence-corrected chi connectivity index (χ4v) is 1.08. The van der Waals surface area contributed by atoms with Crippen molar-refractivity contribution in [3.63, 3.8) is 0 Å². The average molecular weight is 203 g/mol. The van der Waals surface area contributed by atoms with Crippen molar-refractivity contribution in [3.8, 4) is 0 Å². The summed E-state index contributed by atoms with van der Waals surface area (Å²) in [4.78, 5) is 11.3. The van der Waals surface area contributed by atoms with Gasteiger partial charge >= 0.3 is 0 Å². The number of hydrogen-bond acceptors (Lipinski definition) is 3. The summed E-state index contributed by atoms with van der Waals surface area (Å²) < 4.78 is 5.07. The Morgan fingerprint density at radius 1 is 1.54 bits per heavy atom. The van der Waals surface area contributed by atoms with Crippen LogP contribution >= 0.6 is 12.2 Å². The molecule has 1 saturated heterocycles. The molecule has 0 bridgehead atoms. The zero-order valence-corrected chi connectivity index (χ0v) is 8.24. The van der Waals surface area contributed by atoms with Crippen LogP contribution in [0.3, 0.4) is 0 Å². The molecule has 5 nitrogen and oxygen atoms in total. The van der Waals surface area contributed by atoms with Crippen molar-refractivity contribution in [3.05, 3.63) is 0 Å². The number of nitrogens with one attached hydrogen (secondary N) is 3. The van der Waals surface area contributed by atoms with Crippen LogP contribution in [0.2, 0.25) is 0 Å². The summed E-state index contributed by atoms with van der Waals surface area (Å²) in [6.07, 6.45) is 0.778. The predicted octanol–water partition coefficient (Wildman–Crippen LogP) is -0.852. The van der Waals surface area contributed by atoms with Gasteiger partial charge in [-0.05, 0) is 18.6 Å². The monoisotopic (exact) mass is 203 g/mol. The highest BCUT2D eigenvalue weighted by molar-refractivity contribution is 7.80. The van der Waals surface area contributed by atoms with Gasteiger partial charge in [0.1, 0.15) is 0 Å². The molecule has 0 aromatic carbocycles. The molecule has 0 aliphatic carbocycles. The maximum absolute atomic E-state index is 11.3. The molecule has 0 aromatic rings. The zero-order chi connectivity index (χ0) is 9.68. The van der Waals surface area contributed by atoms with Gasteiger partial charge in [-0.3, -0.25) is 15.6 Å². The summed E-state index contributed by atoms with van der Waals surface area (Å²) in [6.45, 7) is 1.16. The number of ether oxygens (including phenoxy) is 1. The molecule has 1 unspecified atom stereocenters. The quantitative estimate of drug-likeness (QED) is 0.383. The Morgan fingerprint density at radius 2 is 2.31 bits per heavy atom. The smallest absolute Gasteiger partial charge is 0.243 e. The highest BCUT2D eigenvalue weighted by atomic mass is 32.1. The van der Waals surface area contributed by atoms with E-state index in [-0.39, 0.29) is 11.8 Å². The molecule has 1 aliphatic heterocycles. The maximum atomic E-state index is 11.3. The molecule has 3 N–H and O–H groups in total. The van der Waals surface area contributed by atoms with E-state index >= 15 is 0 Å². The topological polar surface area (TPSA) is 62.4 Å². The zero-order valence-electron chi connectivity index (χ0n) is 7.42. The number of carbonyl (C=O) groups is 1. The second-order valence-electron chi connectivity index (χ2n) is 2.75. The van der Waals surface area contributed by atoms with Crippen LogP contribution in [0.1, 0.15) is 6.42 Å². The first-order valence-corrected chi connectivity index (χ1v) is 4.50. The summed E-state index contributed by atoms with van der Waals surface area (Å²) in [6, 6.07) is 0. The Labute approximate surface area is 82.2 Å². The molecule has 0 aromatic heterocycles. The van der Waals surface area contributed by atoms with Crippen LogP contribution in [0.4, 0.5) is 0 Å². The van der Waals surface area contributed by atoms with Gasteiger partial charge in [-0.15, -0.1) is 0 Å². The summed E-state index contributed by atoms with van der Waals surface area (Å²) in [7, 11) is 1.68. The van der Waals surface area contributed by atoms with E-state index in [0.29, 0.717) is 18.3 Å². The first kappa shape index (κ1) is 10.2. The van der Waals surface area contributed by atoms with Gasteiger partial charge in [0, 0.05) is 13.7 Å². The van der Waals surface area contributed by atoms with Crippen LogP contribution in [-0.4, -0.2) is 31.3 Å². The maximum Gasteiger partial charge on any atom is 0.243 e. The van der Waals surface area contributed by atoms with E-state index in [1.807, 2.05) is 0 Å². The van der Waals surface area contributed by atoms with Crippen LogP contribution in [0, 0.1) is 5.92 Å². The largest absolute Gasteiger partial charge is 0.381 e. The van der Waals surface area contributed by atoms with Crippen LogP contribution in [0.15, 0.2) is 0 Å². The van der Waals surface area contributed by atoms with Crippen LogP contribution in [-0.2, 0) is 9.53 Å². The molecule has 0 radical (unpaired) electrons. The fraction of sp³-hybridized carbons (Fsp3) is 0.714. The van der Waals surface area contributed by atoms with E-state index in [4.69, 9.17) is 17.0 Å². The van der Waals surface area contributed by atoms with E-state index in [1.54, 1.807) is 7.05 Å². The minimum absolute atomic E-state index is 0.0489. The number of thiocarbonyl (C=S) groups is 1. The van der Waals surface area contributed by atoms with Crippen molar-refractivity contribution in [1.82, 2.24) is 16.2 Å². The highest BCUT2D eigenvalue weighted by Crippen LogP contribution is 2.11. The van der Waals surface area contributed by atoms with E-state index in [9.17, 15) is 4.79 Å². The first-order chi connectivity index (χ1) is 6.24. The number of hydrazine groups is 1. The Balaban J connectivity index is 2.20. The highest BCUT2D eigenvalue weighted by Gasteiger charge is 2.23. The van der Waals surface area contributed by atoms with Gasteiger partial charge in [-0.25, -0.2) is 0 Å². The number of carbonyl (C=O) groups excluding carboxylic acids is 1. The number of amides is 1. The molecular weight excluding hydrogens is 190 g/mol. The van der Waals surface area contributed by atoms with Gasteiger partial charge in [-0.2, -0.15) is 0 Å². The standard InChI is InChI=1S/C7H13N3O2S/c1-8-7(13)10-9-6(11)5-2-3-12-4-5/h5H,2-4H2,1H3,(H,9,11)(H2,8,10,13). The lowest BCUT2D eigenvalue weighted by atomic mass is 10.1. The molecule has 0 saturated carbocycles. The lowest BCUT2D eigenvalue weighted by molar-refractivity contribution is -0.125. The fourth-order valence-electron chi connectivity index (χ4n) is 1.02. The van der Waals surface area contributed by atoms with Gasteiger partial charge in [0.2, 0.25) is 5.91 Å². The number of rotatable bonds is 1. The lowest BCUT2D eigenvalue weighted by Gasteiger charge is -2.11. The van der Waals surface area contributed by atoms with E-state index < -0.39 is 0 Å². The second-order valence-corrected chi connectivity index (χ2v) is 3.16. The molecule has 1 amide bonds. The average Bonchev–Trinajstić information content (AvgIpc) is 2.66. The molecule has 1 heterocycles. The Hall–Kier alpha value is -0.880. The summed E-state index contributed by atoms with van der Waals surface area (Å²) in [5, 5.41) is 3.08. The van der Waals surface area contributed by atoms with E-state index in [1.165, 1.54) is 0 Å². The minimum atomic E-state index is -0.0740. The Morgan fingerprint density at radius 3 is 2.85 bits per heavy atom. The third-order valence-electron chi connectivity index (χ3n) is 1.83. The molecule has 74 valence electrons. The molecular formula is C7H13N3O2S. The third kappa shape index (κ3) is 3.16. The van der Waals surface area contributed by atoms with Crippen LogP contribution < -0.4 is 16.2 Å². The normalized spacial score (nSPS) is 20.8. The van der Waals surface area contributed by atoms with Gasteiger partial charge in [0.15, 0.2) is 5.11 Å². The molecule has 6 heteroatoms. The molecule has 1 atom stereocenters. The molecule has 0 spiro atoms. The molecule has 1 rings (SSSR count). The molecule has 13 heavy (non-hydrogen) atoms.